The highest BCUT2D eigenvalue weighted by Gasteiger charge is 2.19. The van der Waals surface area contributed by atoms with E-state index in [0.29, 0.717) is 19.3 Å². The Morgan fingerprint density at radius 3 is 0.765 bits per heavy atom. The molecule has 0 aromatic heterocycles. The van der Waals surface area contributed by atoms with Gasteiger partial charge in [-0.25, -0.2) is 0 Å². The smallest absolute Gasteiger partial charge is 0.306 e. The molecule has 470 valence electrons. The molecule has 0 N–H and O–H groups in total. The third kappa shape index (κ3) is 67.5. The van der Waals surface area contributed by atoms with Gasteiger partial charge in [-0.15, -0.1) is 0 Å². The first-order valence-corrected chi connectivity index (χ1v) is 35.4. The van der Waals surface area contributed by atoms with E-state index in [2.05, 4.69) is 93.7 Å². The second-order valence-electron chi connectivity index (χ2n) is 23.8. The summed E-state index contributed by atoms with van der Waals surface area (Å²) < 4.78 is 17.0. The zero-order chi connectivity index (χ0) is 58.5. The van der Waals surface area contributed by atoms with E-state index in [1.54, 1.807) is 0 Å². The molecule has 6 nitrogen and oxygen atoms in total. The van der Waals surface area contributed by atoms with E-state index in [1.807, 2.05) is 0 Å². The van der Waals surface area contributed by atoms with Gasteiger partial charge in [0.15, 0.2) is 6.10 Å². The average Bonchev–Trinajstić information content (AvgIpc) is 3.47. The summed E-state index contributed by atoms with van der Waals surface area (Å²) in [6.45, 7) is 6.58. The predicted octanol–water partition coefficient (Wildman–Crippen LogP) is 24.4. The molecule has 0 radical (unpaired) electrons. The molecule has 1 atom stereocenters. The molecule has 1 unspecified atom stereocenters. The molecule has 0 aliphatic carbocycles. The molecule has 0 bridgehead atoms. The predicted molar refractivity (Wildman–Crippen MR) is 353 cm³/mol. The van der Waals surface area contributed by atoms with Crippen molar-refractivity contribution in [3.05, 3.63) is 72.9 Å². The monoisotopic (exact) mass is 1130 g/mol. The fourth-order valence-corrected chi connectivity index (χ4v) is 10.4. The molecule has 0 amide bonds. The topological polar surface area (TPSA) is 78.9 Å². The van der Waals surface area contributed by atoms with Crippen LogP contribution in [0.25, 0.3) is 0 Å². The van der Waals surface area contributed by atoms with Crippen molar-refractivity contribution in [3.63, 3.8) is 0 Å². The van der Waals surface area contributed by atoms with Gasteiger partial charge in [0.25, 0.3) is 0 Å². The van der Waals surface area contributed by atoms with Crippen molar-refractivity contribution in [2.24, 2.45) is 0 Å². The second kappa shape index (κ2) is 69.3. The van der Waals surface area contributed by atoms with Crippen molar-refractivity contribution in [1.82, 2.24) is 0 Å². The van der Waals surface area contributed by atoms with Crippen LogP contribution in [0, 0.1) is 0 Å². The van der Waals surface area contributed by atoms with Gasteiger partial charge in [0.1, 0.15) is 13.2 Å². The molecule has 0 aliphatic rings. The number of allylic oxidation sites excluding steroid dienone is 12. The lowest BCUT2D eigenvalue weighted by Gasteiger charge is -2.18. The van der Waals surface area contributed by atoms with Crippen molar-refractivity contribution < 1.29 is 28.6 Å². The standard InChI is InChI=1S/C75H134O6/c1-4-7-10-13-16-19-22-25-28-31-34-35-36-37-38-39-40-41-42-45-47-50-53-56-59-62-65-68-74(77)80-71-72(81-75(78)69-66-63-60-57-54-51-48-44-33-30-27-24-21-18-15-12-9-6-3)70-79-73(76)67-64-61-58-55-52-49-46-43-32-29-26-23-20-17-14-11-8-5-2/h7,10,16,19,25,28,30,33-35,37-38,72H,4-6,8-9,11-15,17-18,20-24,26-27,29,31-32,36,39-71H2,1-3H3/b10-7-,19-16-,28-25-,33-30-,35-34-,38-37-. The first kappa shape index (κ1) is 77.9. The molecule has 0 aliphatic heterocycles. The van der Waals surface area contributed by atoms with Crippen molar-refractivity contribution in [2.75, 3.05) is 13.2 Å². The summed E-state index contributed by atoms with van der Waals surface area (Å²) in [7, 11) is 0. The first-order chi connectivity index (χ1) is 40.0. The fourth-order valence-electron chi connectivity index (χ4n) is 10.4. The Morgan fingerprint density at radius 2 is 0.481 bits per heavy atom. The third-order valence-corrected chi connectivity index (χ3v) is 15.7. The van der Waals surface area contributed by atoms with E-state index in [4.69, 9.17) is 14.2 Å². The molecule has 0 saturated heterocycles. The summed E-state index contributed by atoms with van der Waals surface area (Å²) in [5.41, 5.74) is 0. The molecule has 0 heterocycles. The maximum Gasteiger partial charge on any atom is 0.306 e. The Hall–Kier alpha value is -3.15. The van der Waals surface area contributed by atoms with Crippen LogP contribution in [0.1, 0.15) is 367 Å². The van der Waals surface area contributed by atoms with Crippen LogP contribution in [0.4, 0.5) is 0 Å². The lowest BCUT2D eigenvalue weighted by Crippen LogP contribution is -2.30. The molecule has 0 spiro atoms. The fraction of sp³-hybridized carbons (Fsp3) is 0.800. The highest BCUT2D eigenvalue weighted by Crippen LogP contribution is 2.18. The van der Waals surface area contributed by atoms with Crippen molar-refractivity contribution in [1.29, 1.82) is 0 Å². The van der Waals surface area contributed by atoms with Crippen LogP contribution >= 0.6 is 0 Å². The molecule has 0 aromatic rings. The Kier molecular flexibility index (Phi) is 66.6. The molecule has 81 heavy (non-hydrogen) atoms. The van der Waals surface area contributed by atoms with Gasteiger partial charge in [-0.1, -0.05) is 331 Å². The lowest BCUT2D eigenvalue weighted by atomic mass is 10.0. The van der Waals surface area contributed by atoms with Crippen LogP contribution < -0.4 is 0 Å². The molecule has 0 saturated carbocycles. The van der Waals surface area contributed by atoms with Crippen LogP contribution in [-0.2, 0) is 28.6 Å². The van der Waals surface area contributed by atoms with Gasteiger partial charge in [-0.3, -0.25) is 14.4 Å². The SMILES string of the molecule is CC/C=C\C/C=C\C/C=C\C/C=C\C/C=C\CCCCCCCCCCCCCC(=O)OCC(COC(=O)CCCCCCCCCCCCCCCCCCCC)OC(=O)CCCCCCCCC/C=C\CCCCCCCCC. The quantitative estimate of drug-likeness (QED) is 0.0261. The Morgan fingerprint density at radius 1 is 0.259 bits per heavy atom. The molecule has 0 aromatic carbocycles. The number of rotatable bonds is 65. The Bertz CT molecular complexity index is 1490. The third-order valence-electron chi connectivity index (χ3n) is 15.7. The maximum absolute atomic E-state index is 13.0. The summed E-state index contributed by atoms with van der Waals surface area (Å²) in [5, 5.41) is 0. The number of hydrogen-bond donors (Lipinski definition) is 0. The zero-order valence-corrected chi connectivity index (χ0v) is 54.1. The van der Waals surface area contributed by atoms with E-state index in [0.717, 1.165) is 89.9 Å². The van der Waals surface area contributed by atoms with Gasteiger partial charge in [0.2, 0.25) is 0 Å². The Balaban J connectivity index is 4.31. The van der Waals surface area contributed by atoms with Crippen LogP contribution in [0.15, 0.2) is 72.9 Å². The minimum Gasteiger partial charge on any atom is -0.462 e. The van der Waals surface area contributed by atoms with E-state index in [9.17, 15) is 14.4 Å². The zero-order valence-electron chi connectivity index (χ0n) is 54.1. The number of ether oxygens (including phenoxy) is 3. The summed E-state index contributed by atoms with van der Waals surface area (Å²) >= 11 is 0. The summed E-state index contributed by atoms with van der Waals surface area (Å²) in [6.07, 6.45) is 90.6. The largest absolute Gasteiger partial charge is 0.462 e. The lowest BCUT2D eigenvalue weighted by molar-refractivity contribution is -0.167. The summed E-state index contributed by atoms with van der Waals surface area (Å²) in [5.74, 6) is -0.857. The molecular weight excluding hydrogens is 997 g/mol. The van der Waals surface area contributed by atoms with Gasteiger partial charge in [-0.05, 0) is 89.9 Å². The molecule has 0 fully saturated rings. The average molecular weight is 1130 g/mol. The van der Waals surface area contributed by atoms with Crippen molar-refractivity contribution in [2.45, 2.75) is 374 Å². The maximum atomic E-state index is 13.0. The normalized spacial score (nSPS) is 12.5. The van der Waals surface area contributed by atoms with Crippen LogP contribution in [0.5, 0.6) is 0 Å². The number of hydrogen-bond acceptors (Lipinski definition) is 6. The first-order valence-electron chi connectivity index (χ1n) is 35.4. The van der Waals surface area contributed by atoms with Crippen molar-refractivity contribution in [3.8, 4) is 0 Å². The van der Waals surface area contributed by atoms with Crippen LogP contribution in [0.3, 0.4) is 0 Å². The van der Waals surface area contributed by atoms with Gasteiger partial charge in [0, 0.05) is 19.3 Å². The van der Waals surface area contributed by atoms with Gasteiger partial charge >= 0.3 is 17.9 Å². The van der Waals surface area contributed by atoms with E-state index in [-0.39, 0.29) is 31.1 Å². The highest BCUT2D eigenvalue weighted by atomic mass is 16.6. The van der Waals surface area contributed by atoms with Gasteiger partial charge in [0.05, 0.1) is 0 Å². The van der Waals surface area contributed by atoms with E-state index in [1.165, 1.54) is 238 Å². The molecular formula is C75H134O6. The minimum atomic E-state index is -0.779. The number of carbonyl (C=O) groups excluding carboxylic acids is 3. The Labute approximate surface area is 503 Å². The number of unbranched alkanes of at least 4 members (excludes halogenated alkanes) is 42. The van der Waals surface area contributed by atoms with Crippen molar-refractivity contribution >= 4 is 17.9 Å². The highest BCUT2D eigenvalue weighted by molar-refractivity contribution is 5.71. The molecule has 6 heteroatoms. The van der Waals surface area contributed by atoms with Crippen LogP contribution in [0.2, 0.25) is 0 Å². The molecule has 0 rings (SSSR count). The second-order valence-corrected chi connectivity index (χ2v) is 23.8. The number of carbonyl (C=O) groups is 3. The van der Waals surface area contributed by atoms with Gasteiger partial charge in [-0.2, -0.15) is 0 Å². The minimum absolute atomic E-state index is 0.0731. The van der Waals surface area contributed by atoms with Crippen LogP contribution in [-0.4, -0.2) is 37.2 Å². The van der Waals surface area contributed by atoms with Gasteiger partial charge < -0.3 is 14.2 Å². The van der Waals surface area contributed by atoms with E-state index >= 15 is 0 Å². The summed E-state index contributed by atoms with van der Waals surface area (Å²) in [6, 6.07) is 0. The summed E-state index contributed by atoms with van der Waals surface area (Å²) in [4.78, 5) is 38.5. The van der Waals surface area contributed by atoms with E-state index < -0.39 is 6.10 Å². The number of esters is 3.